The first kappa shape index (κ1) is 23.0. The number of ether oxygens (including phenoxy) is 2. The molecule has 0 saturated carbocycles. The molecule has 6 nitrogen and oxygen atoms in total. The lowest BCUT2D eigenvalue weighted by Gasteiger charge is -2.40. The quantitative estimate of drug-likeness (QED) is 0.572. The van der Waals surface area contributed by atoms with Crippen LogP contribution < -0.4 is 19.7 Å². The number of amides is 1. The second-order valence-electron chi connectivity index (χ2n) is 8.44. The maximum absolute atomic E-state index is 14.3. The number of para-hydroxylation sites is 1. The Morgan fingerprint density at radius 1 is 0.857 bits per heavy atom. The molecule has 0 spiro atoms. The molecule has 1 atom stereocenters. The lowest BCUT2D eigenvalue weighted by molar-refractivity contribution is 0.0929. The van der Waals surface area contributed by atoms with E-state index < -0.39 is 17.5 Å². The molecule has 1 amide bonds. The number of hydrogen-bond acceptors (Lipinski definition) is 5. The van der Waals surface area contributed by atoms with Gasteiger partial charge in [-0.2, -0.15) is 0 Å². The van der Waals surface area contributed by atoms with Crippen molar-refractivity contribution in [3.05, 3.63) is 89.2 Å². The molecule has 5 rings (SSSR count). The van der Waals surface area contributed by atoms with Crippen LogP contribution in [-0.4, -0.2) is 50.3 Å². The van der Waals surface area contributed by atoms with Crippen molar-refractivity contribution in [2.24, 2.45) is 0 Å². The second-order valence-corrected chi connectivity index (χ2v) is 8.44. The maximum Gasteiger partial charge on any atom is 0.251 e. The summed E-state index contributed by atoms with van der Waals surface area (Å²) >= 11 is 0. The fourth-order valence-electron chi connectivity index (χ4n) is 4.49. The molecule has 1 N–H and O–H groups in total. The Kier molecular flexibility index (Phi) is 6.50. The van der Waals surface area contributed by atoms with Crippen molar-refractivity contribution < 1.29 is 27.4 Å². The number of hydrogen-bond donors (Lipinski definition) is 1. The Balaban J connectivity index is 1.33. The fraction of sp³-hybridized carbons (Fsp3) is 0.269. The summed E-state index contributed by atoms with van der Waals surface area (Å²) in [6, 6.07) is 15.2. The molecule has 35 heavy (non-hydrogen) atoms. The van der Waals surface area contributed by atoms with Gasteiger partial charge in [0.1, 0.15) is 5.82 Å². The van der Waals surface area contributed by atoms with E-state index in [-0.39, 0.29) is 30.8 Å². The number of nitrogens with zero attached hydrogens (tertiary/aromatic N) is 2. The average Bonchev–Trinajstić information content (AvgIpc) is 3.35. The number of halogens is 3. The van der Waals surface area contributed by atoms with Gasteiger partial charge in [0.25, 0.3) is 5.91 Å². The van der Waals surface area contributed by atoms with Crippen molar-refractivity contribution >= 4 is 11.6 Å². The van der Waals surface area contributed by atoms with Gasteiger partial charge in [0, 0.05) is 38.3 Å². The van der Waals surface area contributed by atoms with E-state index in [0.717, 1.165) is 17.7 Å². The molecule has 3 aromatic rings. The van der Waals surface area contributed by atoms with E-state index in [2.05, 4.69) is 10.2 Å². The van der Waals surface area contributed by atoms with Gasteiger partial charge in [0.05, 0.1) is 11.7 Å². The highest BCUT2D eigenvalue weighted by Crippen LogP contribution is 2.36. The van der Waals surface area contributed by atoms with Crippen molar-refractivity contribution in [2.75, 3.05) is 44.4 Å². The van der Waals surface area contributed by atoms with E-state index in [0.29, 0.717) is 43.4 Å². The van der Waals surface area contributed by atoms with Gasteiger partial charge in [0.15, 0.2) is 23.1 Å². The van der Waals surface area contributed by atoms with E-state index in [4.69, 9.17) is 9.47 Å². The molecule has 3 aromatic carbocycles. The lowest BCUT2D eigenvalue weighted by Crippen LogP contribution is -2.50. The summed E-state index contributed by atoms with van der Waals surface area (Å²) in [5.74, 6) is -1.56. The average molecular weight is 483 g/mol. The van der Waals surface area contributed by atoms with Crippen molar-refractivity contribution in [1.82, 2.24) is 10.2 Å². The van der Waals surface area contributed by atoms with Crippen LogP contribution in [0.15, 0.2) is 60.7 Å². The standard InChI is InChI=1S/C26H24F3N3O3/c27-19-7-5-18(13-21(19)29)26(33)30-15-23(17-6-8-24-25(14-17)35-16-34-24)32-11-9-31(10-12-32)22-4-2-1-3-20(22)28/h1-8,13-14,23H,9-12,15-16H2,(H,30,33)/t23-/m0/s1. The Morgan fingerprint density at radius 3 is 2.40 bits per heavy atom. The predicted octanol–water partition coefficient (Wildman–Crippen LogP) is 4.13. The van der Waals surface area contributed by atoms with E-state index in [1.54, 1.807) is 12.1 Å². The highest BCUT2D eigenvalue weighted by molar-refractivity contribution is 5.94. The van der Waals surface area contributed by atoms with Gasteiger partial charge in [-0.25, -0.2) is 13.2 Å². The number of rotatable bonds is 6. The highest BCUT2D eigenvalue weighted by Gasteiger charge is 2.28. The molecule has 2 heterocycles. The minimum Gasteiger partial charge on any atom is -0.454 e. The second kappa shape index (κ2) is 9.87. The van der Waals surface area contributed by atoms with Crippen LogP contribution in [0.2, 0.25) is 0 Å². The molecule has 0 radical (unpaired) electrons. The van der Waals surface area contributed by atoms with Crippen molar-refractivity contribution in [1.29, 1.82) is 0 Å². The first-order chi connectivity index (χ1) is 17.0. The highest BCUT2D eigenvalue weighted by atomic mass is 19.2. The monoisotopic (exact) mass is 483 g/mol. The van der Waals surface area contributed by atoms with Gasteiger partial charge in [-0.3, -0.25) is 9.69 Å². The summed E-state index contributed by atoms with van der Waals surface area (Å²) in [6.45, 7) is 2.87. The van der Waals surface area contributed by atoms with E-state index in [1.165, 1.54) is 12.1 Å². The Bertz CT molecular complexity index is 1230. The summed E-state index contributed by atoms with van der Waals surface area (Å²) < 4.78 is 52.1. The van der Waals surface area contributed by atoms with Gasteiger partial charge in [-0.1, -0.05) is 18.2 Å². The number of benzene rings is 3. The summed E-state index contributed by atoms with van der Waals surface area (Å²) in [5, 5.41) is 2.85. The Labute approximate surface area is 200 Å². The molecular weight excluding hydrogens is 459 g/mol. The lowest BCUT2D eigenvalue weighted by atomic mass is 10.0. The molecule has 2 aliphatic heterocycles. The first-order valence-corrected chi connectivity index (χ1v) is 11.4. The van der Waals surface area contributed by atoms with Crippen LogP contribution in [0.25, 0.3) is 0 Å². The summed E-state index contributed by atoms with van der Waals surface area (Å²) in [5.41, 5.74) is 1.52. The molecule has 0 unspecified atom stereocenters. The molecule has 0 bridgehead atoms. The van der Waals surface area contributed by atoms with E-state index in [1.807, 2.05) is 29.2 Å². The topological polar surface area (TPSA) is 54.0 Å². The predicted molar refractivity (Wildman–Crippen MR) is 124 cm³/mol. The van der Waals surface area contributed by atoms with Gasteiger partial charge < -0.3 is 19.7 Å². The molecule has 0 aromatic heterocycles. The summed E-state index contributed by atoms with van der Waals surface area (Å²) in [6.07, 6.45) is 0. The summed E-state index contributed by atoms with van der Waals surface area (Å²) in [4.78, 5) is 16.9. The molecule has 0 aliphatic carbocycles. The molecule has 9 heteroatoms. The number of nitrogens with one attached hydrogen (secondary N) is 1. The smallest absolute Gasteiger partial charge is 0.251 e. The van der Waals surface area contributed by atoms with Gasteiger partial charge >= 0.3 is 0 Å². The fourth-order valence-corrected chi connectivity index (χ4v) is 4.49. The van der Waals surface area contributed by atoms with Gasteiger partial charge in [0.2, 0.25) is 6.79 Å². The largest absolute Gasteiger partial charge is 0.454 e. The number of piperazine rings is 1. The molecule has 1 saturated heterocycles. The van der Waals surface area contributed by atoms with Crippen LogP contribution in [0, 0.1) is 17.5 Å². The van der Waals surface area contributed by atoms with Crippen LogP contribution in [0.1, 0.15) is 22.0 Å². The molecule has 2 aliphatic rings. The minimum atomic E-state index is -1.07. The van der Waals surface area contributed by atoms with E-state index in [9.17, 15) is 18.0 Å². The van der Waals surface area contributed by atoms with Crippen LogP contribution in [0.4, 0.5) is 18.9 Å². The molecule has 1 fully saturated rings. The molecular formula is C26H24F3N3O3. The third kappa shape index (κ3) is 4.90. The van der Waals surface area contributed by atoms with Crippen LogP contribution in [-0.2, 0) is 0 Å². The molecule has 182 valence electrons. The number of anilines is 1. The number of fused-ring (bicyclic) bond motifs is 1. The van der Waals surface area contributed by atoms with Crippen LogP contribution in [0.5, 0.6) is 11.5 Å². The zero-order chi connectivity index (χ0) is 24.4. The summed E-state index contributed by atoms with van der Waals surface area (Å²) in [7, 11) is 0. The maximum atomic E-state index is 14.3. The third-order valence-corrected chi connectivity index (χ3v) is 6.37. The SMILES string of the molecule is O=C(NC[C@@H](c1ccc2c(c1)OCO2)N1CCN(c2ccccc2F)CC1)c1ccc(F)c(F)c1. The van der Waals surface area contributed by atoms with E-state index >= 15 is 0 Å². The zero-order valence-electron chi connectivity index (χ0n) is 18.8. The van der Waals surface area contributed by atoms with Crippen LogP contribution >= 0.6 is 0 Å². The number of carbonyl (C=O) groups is 1. The Hall–Kier alpha value is -3.72. The first-order valence-electron chi connectivity index (χ1n) is 11.4. The van der Waals surface area contributed by atoms with Gasteiger partial charge in [-0.15, -0.1) is 0 Å². The van der Waals surface area contributed by atoms with Crippen molar-refractivity contribution in [2.45, 2.75) is 6.04 Å². The van der Waals surface area contributed by atoms with Crippen LogP contribution in [0.3, 0.4) is 0 Å². The number of carbonyl (C=O) groups excluding carboxylic acids is 1. The normalized spacial score (nSPS) is 16.3. The third-order valence-electron chi connectivity index (χ3n) is 6.37. The zero-order valence-corrected chi connectivity index (χ0v) is 18.8. The van der Waals surface area contributed by atoms with Gasteiger partial charge in [-0.05, 0) is 48.0 Å². The Morgan fingerprint density at radius 2 is 1.63 bits per heavy atom. The van der Waals surface area contributed by atoms with Crippen molar-refractivity contribution in [3.63, 3.8) is 0 Å². The van der Waals surface area contributed by atoms with Crippen molar-refractivity contribution in [3.8, 4) is 11.5 Å². The minimum absolute atomic E-state index is 0.0395.